The quantitative estimate of drug-likeness (QED) is 0.472. The number of nitro groups is 1. The molecule has 1 unspecified atom stereocenters. The summed E-state index contributed by atoms with van der Waals surface area (Å²) in [6.45, 7) is 3.99. The summed E-state index contributed by atoms with van der Waals surface area (Å²) in [6, 6.07) is 4.17. The summed E-state index contributed by atoms with van der Waals surface area (Å²) < 4.78 is 0.506. The van der Waals surface area contributed by atoms with Crippen LogP contribution in [-0.4, -0.2) is 22.2 Å². The minimum Gasteiger partial charge on any atom is -0.348 e. The molecule has 1 aromatic carbocycles. The first-order chi connectivity index (χ1) is 8.85. The smallest absolute Gasteiger partial charge is 0.271 e. The number of benzene rings is 1. The first kappa shape index (κ1) is 16.1. The number of halogens is 2. The monoisotopic (exact) mass is 392 g/mol. The van der Waals surface area contributed by atoms with Crippen LogP contribution in [0.4, 0.5) is 5.69 Å². The highest BCUT2D eigenvalue weighted by Crippen LogP contribution is 2.21. The molecule has 0 aliphatic rings. The van der Waals surface area contributed by atoms with E-state index in [1.165, 1.54) is 12.1 Å². The van der Waals surface area contributed by atoms with Crippen molar-refractivity contribution >= 4 is 43.5 Å². The van der Waals surface area contributed by atoms with E-state index >= 15 is 0 Å². The van der Waals surface area contributed by atoms with Crippen LogP contribution in [0.5, 0.6) is 0 Å². The summed E-state index contributed by atoms with van der Waals surface area (Å²) in [5.41, 5.74) is 0.159. The zero-order valence-electron chi connectivity index (χ0n) is 10.5. The lowest BCUT2D eigenvalue weighted by molar-refractivity contribution is -0.385. The van der Waals surface area contributed by atoms with E-state index in [2.05, 4.69) is 37.2 Å². The molecule has 19 heavy (non-hydrogen) atoms. The molecule has 0 aliphatic heterocycles. The Hall–Kier alpha value is -0.950. The van der Waals surface area contributed by atoms with Gasteiger partial charge in [0, 0.05) is 33.5 Å². The molecule has 104 valence electrons. The molecule has 1 atom stereocenters. The van der Waals surface area contributed by atoms with Gasteiger partial charge in [0.05, 0.1) is 4.92 Å². The van der Waals surface area contributed by atoms with Crippen LogP contribution in [0.2, 0.25) is 0 Å². The molecule has 0 aliphatic carbocycles. The fourth-order valence-corrected chi connectivity index (χ4v) is 2.84. The highest BCUT2D eigenvalue weighted by Gasteiger charge is 2.18. The Labute approximate surface area is 128 Å². The van der Waals surface area contributed by atoms with Crippen molar-refractivity contribution in [1.29, 1.82) is 0 Å². The maximum absolute atomic E-state index is 12.1. The average Bonchev–Trinajstić information content (AvgIpc) is 2.34. The standard InChI is InChI=1S/C12H14Br2N2O3/c1-7(2)11(6-13)15-12(17)8-3-9(14)5-10(4-8)16(18)19/h3-5,7,11H,6H2,1-2H3,(H,15,17). The summed E-state index contributed by atoms with van der Waals surface area (Å²) >= 11 is 6.51. The summed E-state index contributed by atoms with van der Waals surface area (Å²) in [4.78, 5) is 22.3. The lowest BCUT2D eigenvalue weighted by atomic mass is 10.1. The fraction of sp³-hybridized carbons (Fsp3) is 0.417. The summed E-state index contributed by atoms with van der Waals surface area (Å²) in [5.74, 6) is -0.0481. The molecule has 0 saturated heterocycles. The van der Waals surface area contributed by atoms with Gasteiger partial charge in [-0.3, -0.25) is 14.9 Å². The van der Waals surface area contributed by atoms with Crippen LogP contribution in [-0.2, 0) is 0 Å². The first-order valence-corrected chi connectivity index (χ1v) is 7.58. The van der Waals surface area contributed by atoms with Gasteiger partial charge in [-0.05, 0) is 12.0 Å². The van der Waals surface area contributed by atoms with Crippen LogP contribution in [0.3, 0.4) is 0 Å². The minimum atomic E-state index is -0.522. The van der Waals surface area contributed by atoms with Crippen molar-refractivity contribution in [1.82, 2.24) is 5.32 Å². The highest BCUT2D eigenvalue weighted by atomic mass is 79.9. The van der Waals surface area contributed by atoms with Gasteiger partial charge in [-0.1, -0.05) is 45.7 Å². The van der Waals surface area contributed by atoms with E-state index in [-0.39, 0.29) is 29.1 Å². The summed E-state index contributed by atoms with van der Waals surface area (Å²) in [5, 5.41) is 14.2. The van der Waals surface area contributed by atoms with Gasteiger partial charge in [-0.25, -0.2) is 0 Å². The molecule has 0 spiro atoms. The molecule has 5 nitrogen and oxygen atoms in total. The van der Waals surface area contributed by atoms with E-state index in [0.29, 0.717) is 9.80 Å². The number of alkyl halides is 1. The number of nitrogens with zero attached hydrogens (tertiary/aromatic N) is 1. The van der Waals surface area contributed by atoms with Crippen molar-refractivity contribution in [2.75, 3.05) is 5.33 Å². The van der Waals surface area contributed by atoms with Crippen molar-refractivity contribution in [3.63, 3.8) is 0 Å². The number of rotatable bonds is 5. The molecule has 0 fully saturated rings. The topological polar surface area (TPSA) is 72.2 Å². The third-order valence-corrected chi connectivity index (χ3v) is 3.80. The fourth-order valence-electron chi connectivity index (χ4n) is 1.45. The summed E-state index contributed by atoms with van der Waals surface area (Å²) in [7, 11) is 0. The van der Waals surface area contributed by atoms with Gasteiger partial charge < -0.3 is 5.32 Å². The number of amides is 1. The molecule has 0 aromatic heterocycles. The van der Waals surface area contributed by atoms with E-state index in [1.807, 2.05) is 13.8 Å². The van der Waals surface area contributed by atoms with Gasteiger partial charge in [0.15, 0.2) is 0 Å². The largest absolute Gasteiger partial charge is 0.348 e. The Morgan fingerprint density at radius 1 is 1.42 bits per heavy atom. The number of non-ortho nitro benzene ring substituents is 1. The maximum atomic E-state index is 12.1. The molecule has 1 rings (SSSR count). The van der Waals surface area contributed by atoms with Gasteiger partial charge >= 0.3 is 0 Å². The SMILES string of the molecule is CC(C)C(CBr)NC(=O)c1cc(Br)cc([N+](=O)[O-])c1. The third-order valence-electron chi connectivity index (χ3n) is 2.64. The molecular weight excluding hydrogens is 380 g/mol. The van der Waals surface area contributed by atoms with E-state index < -0.39 is 4.92 Å². The molecule has 1 aromatic rings. The molecule has 0 saturated carbocycles. The molecule has 0 radical (unpaired) electrons. The average molecular weight is 394 g/mol. The molecule has 7 heteroatoms. The molecule has 0 bridgehead atoms. The van der Waals surface area contributed by atoms with Gasteiger partial charge in [0.2, 0.25) is 0 Å². The number of carbonyl (C=O) groups is 1. The Morgan fingerprint density at radius 3 is 2.53 bits per heavy atom. The Bertz CT molecular complexity index is 492. The minimum absolute atomic E-state index is 0.0227. The van der Waals surface area contributed by atoms with Gasteiger partial charge in [0.25, 0.3) is 11.6 Å². The summed E-state index contributed by atoms with van der Waals surface area (Å²) in [6.07, 6.45) is 0. The number of nitrogens with one attached hydrogen (secondary N) is 1. The van der Waals surface area contributed by atoms with E-state index in [1.54, 1.807) is 6.07 Å². The Balaban J connectivity index is 2.96. The first-order valence-electron chi connectivity index (χ1n) is 5.67. The van der Waals surface area contributed by atoms with E-state index in [4.69, 9.17) is 0 Å². The van der Waals surface area contributed by atoms with Gasteiger partial charge in [-0.2, -0.15) is 0 Å². The van der Waals surface area contributed by atoms with Crippen LogP contribution in [0.25, 0.3) is 0 Å². The molecule has 1 N–H and O–H groups in total. The lowest BCUT2D eigenvalue weighted by Gasteiger charge is -2.19. The van der Waals surface area contributed by atoms with Crippen molar-refractivity contribution < 1.29 is 9.72 Å². The lowest BCUT2D eigenvalue weighted by Crippen LogP contribution is -2.39. The van der Waals surface area contributed by atoms with Gasteiger partial charge in [0.1, 0.15) is 0 Å². The number of carbonyl (C=O) groups excluding carboxylic acids is 1. The van der Waals surface area contributed by atoms with Crippen molar-refractivity contribution in [3.05, 3.63) is 38.3 Å². The number of nitro benzene ring substituents is 1. The number of hydrogen-bond acceptors (Lipinski definition) is 3. The molecular formula is C12H14Br2N2O3. The molecule has 1 amide bonds. The van der Waals surface area contributed by atoms with Crippen molar-refractivity contribution in [2.45, 2.75) is 19.9 Å². The zero-order chi connectivity index (χ0) is 14.6. The maximum Gasteiger partial charge on any atom is 0.271 e. The van der Waals surface area contributed by atoms with E-state index in [0.717, 1.165) is 0 Å². The second kappa shape index (κ2) is 7.00. The Morgan fingerprint density at radius 2 is 2.05 bits per heavy atom. The van der Waals surface area contributed by atoms with Crippen LogP contribution >= 0.6 is 31.9 Å². The second-order valence-electron chi connectivity index (χ2n) is 4.43. The zero-order valence-corrected chi connectivity index (χ0v) is 13.7. The van der Waals surface area contributed by atoms with Crippen LogP contribution in [0, 0.1) is 16.0 Å². The van der Waals surface area contributed by atoms with Crippen LogP contribution in [0.15, 0.2) is 22.7 Å². The predicted molar refractivity (Wildman–Crippen MR) is 80.7 cm³/mol. The van der Waals surface area contributed by atoms with Crippen LogP contribution < -0.4 is 5.32 Å². The van der Waals surface area contributed by atoms with Crippen molar-refractivity contribution in [3.8, 4) is 0 Å². The van der Waals surface area contributed by atoms with E-state index in [9.17, 15) is 14.9 Å². The van der Waals surface area contributed by atoms with Gasteiger partial charge in [-0.15, -0.1) is 0 Å². The van der Waals surface area contributed by atoms with Crippen LogP contribution in [0.1, 0.15) is 24.2 Å². The molecule has 0 heterocycles. The highest BCUT2D eigenvalue weighted by molar-refractivity contribution is 9.10. The second-order valence-corrected chi connectivity index (χ2v) is 6.00. The van der Waals surface area contributed by atoms with Crippen molar-refractivity contribution in [2.24, 2.45) is 5.92 Å². The third kappa shape index (κ3) is 4.58. The predicted octanol–water partition coefficient (Wildman–Crippen LogP) is 3.51. The number of hydrogen-bond donors (Lipinski definition) is 1. The Kier molecular flexibility index (Phi) is 5.93. The normalized spacial score (nSPS) is 12.3.